The molecule has 1 aromatic rings. The molecule has 20 heavy (non-hydrogen) atoms. The van der Waals surface area contributed by atoms with Crippen molar-refractivity contribution in [3.63, 3.8) is 0 Å². The number of carbonyl (C=O) groups is 1. The fourth-order valence-corrected chi connectivity index (χ4v) is 3.32. The quantitative estimate of drug-likeness (QED) is 0.829. The van der Waals surface area contributed by atoms with Crippen LogP contribution in [0.3, 0.4) is 0 Å². The van der Waals surface area contributed by atoms with E-state index >= 15 is 0 Å². The third-order valence-electron chi connectivity index (χ3n) is 3.84. The molecule has 1 fully saturated rings. The Hall–Kier alpha value is -0.910. The van der Waals surface area contributed by atoms with Gasteiger partial charge in [-0.15, -0.1) is 0 Å². The van der Waals surface area contributed by atoms with Gasteiger partial charge in [-0.05, 0) is 32.0 Å². The summed E-state index contributed by atoms with van der Waals surface area (Å²) in [6.45, 7) is 4.43. The molecule has 0 aromatic heterocycles. The largest absolute Gasteiger partial charge is 0.489 e. The van der Waals surface area contributed by atoms with Crippen molar-refractivity contribution in [2.45, 2.75) is 38.8 Å². The monoisotopic (exact) mass is 340 g/mol. The molecule has 0 spiro atoms. The highest BCUT2D eigenvalue weighted by Crippen LogP contribution is 2.39. The molecule has 0 amide bonds. The fourth-order valence-electron chi connectivity index (χ4n) is 2.95. The van der Waals surface area contributed by atoms with E-state index in [1.54, 1.807) is 0 Å². The lowest BCUT2D eigenvalue weighted by Crippen LogP contribution is -2.52. The first-order chi connectivity index (χ1) is 9.60. The first-order valence-corrected chi connectivity index (χ1v) is 7.67. The summed E-state index contributed by atoms with van der Waals surface area (Å²) in [6, 6.07) is 5.54. The Balaban J connectivity index is 1.91. The van der Waals surface area contributed by atoms with Crippen molar-refractivity contribution in [2.24, 2.45) is 5.92 Å². The van der Waals surface area contributed by atoms with E-state index in [0.717, 1.165) is 4.47 Å². The second-order valence-electron chi connectivity index (χ2n) is 5.15. The Labute approximate surface area is 126 Å². The average molecular weight is 341 g/mol. The lowest BCUT2D eigenvalue weighted by molar-refractivity contribution is -0.219. The molecular formula is C15H17BrO4. The minimum absolute atomic E-state index is 0.0972. The van der Waals surface area contributed by atoms with E-state index in [0.29, 0.717) is 24.3 Å². The Morgan fingerprint density at radius 2 is 2.25 bits per heavy atom. The van der Waals surface area contributed by atoms with Crippen molar-refractivity contribution in [1.29, 1.82) is 0 Å². The molecule has 5 heteroatoms. The minimum atomic E-state index is -0.291. The second kappa shape index (κ2) is 5.47. The van der Waals surface area contributed by atoms with Gasteiger partial charge in [0.15, 0.2) is 12.1 Å². The molecule has 0 aliphatic carbocycles. The summed E-state index contributed by atoms with van der Waals surface area (Å²) in [7, 11) is 0. The zero-order valence-corrected chi connectivity index (χ0v) is 13.1. The number of ketones is 1. The van der Waals surface area contributed by atoms with E-state index in [1.807, 2.05) is 32.0 Å². The first-order valence-electron chi connectivity index (χ1n) is 6.87. The van der Waals surface area contributed by atoms with E-state index in [-0.39, 0.29) is 30.2 Å². The molecule has 3 rings (SSSR count). The van der Waals surface area contributed by atoms with E-state index in [2.05, 4.69) is 15.9 Å². The van der Waals surface area contributed by atoms with E-state index < -0.39 is 0 Å². The Morgan fingerprint density at radius 3 is 3.00 bits per heavy atom. The normalized spacial score (nSPS) is 32.2. The van der Waals surface area contributed by atoms with Crippen LogP contribution in [0.4, 0.5) is 0 Å². The molecule has 108 valence electrons. The van der Waals surface area contributed by atoms with Crippen LogP contribution in [0.5, 0.6) is 5.75 Å². The van der Waals surface area contributed by atoms with Crippen LogP contribution < -0.4 is 4.74 Å². The molecule has 1 saturated heterocycles. The number of rotatable bonds is 2. The standard InChI is InChI=1S/C15H17BrO4/c1-3-18-13-7-12-14(8(2)19-13)15(17)10-6-9(16)4-5-11(10)20-12/h4-6,8,12-14H,3,7H2,1-2H3. The SMILES string of the molecule is CCOC1CC2Oc3ccc(Br)cc3C(=O)C2C(C)O1. The van der Waals surface area contributed by atoms with Gasteiger partial charge in [0.2, 0.25) is 0 Å². The highest BCUT2D eigenvalue weighted by molar-refractivity contribution is 9.10. The summed E-state index contributed by atoms with van der Waals surface area (Å²) in [5.41, 5.74) is 0.630. The summed E-state index contributed by atoms with van der Waals surface area (Å²) in [6.07, 6.45) is -0.0770. The van der Waals surface area contributed by atoms with Crippen LogP contribution in [-0.4, -0.2) is 30.9 Å². The third kappa shape index (κ3) is 2.38. The Morgan fingerprint density at radius 1 is 1.45 bits per heavy atom. The van der Waals surface area contributed by atoms with Crippen molar-refractivity contribution < 1.29 is 19.0 Å². The van der Waals surface area contributed by atoms with Gasteiger partial charge in [-0.25, -0.2) is 0 Å². The molecular weight excluding hydrogens is 324 g/mol. The van der Waals surface area contributed by atoms with Gasteiger partial charge >= 0.3 is 0 Å². The van der Waals surface area contributed by atoms with Crippen molar-refractivity contribution in [1.82, 2.24) is 0 Å². The molecule has 0 radical (unpaired) electrons. The topological polar surface area (TPSA) is 44.8 Å². The van der Waals surface area contributed by atoms with Crippen LogP contribution in [0, 0.1) is 5.92 Å². The molecule has 2 heterocycles. The Bertz CT molecular complexity index is 531. The molecule has 0 saturated carbocycles. The number of Topliss-reactive ketones (excluding diaryl/α,β-unsaturated/α-hetero) is 1. The van der Waals surface area contributed by atoms with E-state index in [4.69, 9.17) is 14.2 Å². The van der Waals surface area contributed by atoms with Gasteiger partial charge in [-0.1, -0.05) is 15.9 Å². The number of carbonyl (C=O) groups excluding carboxylic acids is 1. The highest BCUT2D eigenvalue weighted by atomic mass is 79.9. The number of hydrogen-bond donors (Lipinski definition) is 0. The molecule has 4 nitrogen and oxygen atoms in total. The maximum absolute atomic E-state index is 12.7. The van der Waals surface area contributed by atoms with Crippen LogP contribution in [0.25, 0.3) is 0 Å². The second-order valence-corrected chi connectivity index (χ2v) is 6.06. The number of benzene rings is 1. The molecule has 0 bridgehead atoms. The molecule has 2 aliphatic heterocycles. The fraction of sp³-hybridized carbons (Fsp3) is 0.533. The number of fused-ring (bicyclic) bond motifs is 2. The number of halogens is 1. The van der Waals surface area contributed by atoms with Crippen molar-refractivity contribution in [3.8, 4) is 5.75 Å². The predicted octanol–water partition coefficient (Wildman–Crippen LogP) is 3.18. The van der Waals surface area contributed by atoms with Crippen LogP contribution in [-0.2, 0) is 9.47 Å². The maximum atomic E-state index is 12.7. The molecule has 0 N–H and O–H groups in total. The zero-order valence-electron chi connectivity index (χ0n) is 11.5. The van der Waals surface area contributed by atoms with Gasteiger partial charge in [-0.3, -0.25) is 4.79 Å². The van der Waals surface area contributed by atoms with Crippen LogP contribution in [0.15, 0.2) is 22.7 Å². The summed E-state index contributed by atoms with van der Waals surface area (Å²) in [5.74, 6) is 0.498. The van der Waals surface area contributed by atoms with Crippen LogP contribution in [0.1, 0.15) is 30.6 Å². The molecule has 4 unspecified atom stereocenters. The summed E-state index contributed by atoms with van der Waals surface area (Å²) in [4.78, 5) is 12.7. The summed E-state index contributed by atoms with van der Waals surface area (Å²) >= 11 is 3.39. The van der Waals surface area contributed by atoms with Gasteiger partial charge in [-0.2, -0.15) is 0 Å². The first kappa shape index (κ1) is 14.0. The smallest absolute Gasteiger partial charge is 0.176 e. The van der Waals surface area contributed by atoms with Crippen LogP contribution in [0.2, 0.25) is 0 Å². The molecule has 2 aliphatic rings. The maximum Gasteiger partial charge on any atom is 0.176 e. The summed E-state index contributed by atoms with van der Waals surface area (Å²) < 4.78 is 18.2. The summed E-state index contributed by atoms with van der Waals surface area (Å²) in [5, 5.41) is 0. The zero-order chi connectivity index (χ0) is 14.3. The van der Waals surface area contributed by atoms with Crippen molar-refractivity contribution in [2.75, 3.05) is 6.61 Å². The van der Waals surface area contributed by atoms with Crippen molar-refractivity contribution >= 4 is 21.7 Å². The van der Waals surface area contributed by atoms with Gasteiger partial charge in [0, 0.05) is 17.5 Å². The van der Waals surface area contributed by atoms with Gasteiger partial charge in [0.05, 0.1) is 17.6 Å². The Kier molecular flexibility index (Phi) is 3.84. The molecule has 1 aromatic carbocycles. The minimum Gasteiger partial charge on any atom is -0.489 e. The van der Waals surface area contributed by atoms with Gasteiger partial charge < -0.3 is 14.2 Å². The third-order valence-corrected chi connectivity index (χ3v) is 4.33. The molecule has 4 atom stereocenters. The van der Waals surface area contributed by atoms with Gasteiger partial charge in [0.1, 0.15) is 11.9 Å². The lowest BCUT2D eigenvalue weighted by Gasteiger charge is -2.42. The van der Waals surface area contributed by atoms with E-state index in [1.165, 1.54) is 0 Å². The van der Waals surface area contributed by atoms with Crippen molar-refractivity contribution in [3.05, 3.63) is 28.2 Å². The highest BCUT2D eigenvalue weighted by Gasteiger charge is 2.46. The predicted molar refractivity (Wildman–Crippen MR) is 77.0 cm³/mol. The van der Waals surface area contributed by atoms with Crippen LogP contribution >= 0.6 is 15.9 Å². The lowest BCUT2D eigenvalue weighted by atomic mass is 9.82. The average Bonchev–Trinajstić information content (AvgIpc) is 2.40. The van der Waals surface area contributed by atoms with Gasteiger partial charge in [0.25, 0.3) is 0 Å². The number of hydrogen-bond acceptors (Lipinski definition) is 4. The van der Waals surface area contributed by atoms with E-state index in [9.17, 15) is 4.79 Å². The number of ether oxygens (including phenoxy) is 3.